The summed E-state index contributed by atoms with van der Waals surface area (Å²) < 4.78 is 69.8. The van der Waals surface area contributed by atoms with Gasteiger partial charge >= 0.3 is 12.3 Å². The maximum Gasteiger partial charge on any atom is 0.419 e. The summed E-state index contributed by atoms with van der Waals surface area (Å²) in [4.78, 5) is 45.8. The highest BCUT2D eigenvalue weighted by molar-refractivity contribution is 7.32. The van der Waals surface area contributed by atoms with Crippen molar-refractivity contribution in [3.05, 3.63) is 78.4 Å². The largest absolute Gasteiger partial charge is 0.444 e. The Bertz CT molecular complexity index is 3220. The number of ether oxygens (including phenoxy) is 1. The van der Waals surface area contributed by atoms with Gasteiger partial charge in [-0.2, -0.15) is 30.7 Å². The molecule has 2 aliphatic carbocycles. The SMILES string of the molecule is O=C1C(=O)C2CC(C(F)(F)F)CCC2C1=Nc1cc2c(cc(-c3cc4c(s3)c3sc5ccccc5c3n4C(=O)OCc3ccccc3)c3nsnc32)c2nsnc12. The first-order chi connectivity index (χ1) is 27.6. The fraction of sp³-hybridized carbons (Fsp3) is 0.200. The average molecular weight is 837 g/mol. The van der Waals surface area contributed by atoms with Gasteiger partial charge in [-0.1, -0.05) is 48.5 Å². The molecule has 0 amide bonds. The second kappa shape index (κ2) is 12.8. The van der Waals surface area contributed by atoms with E-state index < -0.39 is 48.0 Å². The van der Waals surface area contributed by atoms with Gasteiger partial charge < -0.3 is 4.74 Å². The van der Waals surface area contributed by atoms with E-state index in [1.54, 1.807) is 33.3 Å². The number of Topliss-reactive ketones (excluding diaryl/α,β-unsaturated/α-hetero) is 2. The summed E-state index contributed by atoms with van der Waals surface area (Å²) in [5, 5.41) is 2.32. The predicted octanol–water partition coefficient (Wildman–Crippen LogP) is 10.9. The molecule has 0 radical (unpaired) electrons. The van der Waals surface area contributed by atoms with Crippen LogP contribution >= 0.6 is 46.1 Å². The number of hydrogen-bond acceptors (Lipinski definition) is 13. The van der Waals surface area contributed by atoms with Gasteiger partial charge in [0.15, 0.2) is 0 Å². The quantitative estimate of drug-likeness (QED) is 0.160. The van der Waals surface area contributed by atoms with E-state index in [-0.39, 0.29) is 25.2 Å². The summed E-state index contributed by atoms with van der Waals surface area (Å²) in [6.45, 7) is 0.116. The van der Waals surface area contributed by atoms with Crippen LogP contribution in [0.15, 0.2) is 77.8 Å². The summed E-state index contributed by atoms with van der Waals surface area (Å²) in [7, 11) is 0. The maximum atomic E-state index is 14.0. The third-order valence-electron chi connectivity index (χ3n) is 11.1. The molecule has 0 bridgehead atoms. The van der Waals surface area contributed by atoms with Crippen LogP contribution in [-0.2, 0) is 20.9 Å². The molecule has 0 saturated heterocycles. The molecule has 0 N–H and O–H groups in total. The fourth-order valence-corrected chi connectivity index (χ4v) is 12.1. The van der Waals surface area contributed by atoms with Crippen molar-refractivity contribution in [2.24, 2.45) is 22.7 Å². The molecular formula is C40H23F3N6O4S4. The van der Waals surface area contributed by atoms with Crippen LogP contribution in [-0.4, -0.2) is 51.6 Å². The molecule has 17 heteroatoms. The van der Waals surface area contributed by atoms with Crippen molar-refractivity contribution < 1.29 is 32.3 Å². The summed E-state index contributed by atoms with van der Waals surface area (Å²) in [6.07, 6.45) is -5.48. The van der Waals surface area contributed by atoms with Gasteiger partial charge in [-0.15, -0.1) is 22.7 Å². The Labute approximate surface area is 334 Å². The topological polar surface area (TPSA) is 129 Å². The Morgan fingerprint density at radius 1 is 0.807 bits per heavy atom. The summed E-state index contributed by atoms with van der Waals surface area (Å²) in [6, 6.07) is 23.2. The molecule has 5 heterocycles. The second-order valence-corrected chi connectivity index (χ2v) is 17.4. The predicted molar refractivity (Wildman–Crippen MR) is 217 cm³/mol. The first-order valence-electron chi connectivity index (χ1n) is 17.9. The van der Waals surface area contributed by atoms with Crippen LogP contribution in [0.3, 0.4) is 0 Å². The molecular weight excluding hydrogens is 814 g/mol. The first kappa shape index (κ1) is 34.7. The standard InChI is InChI=1S/C40H23F3N6O4S4/c41-40(42,43)18-10-11-19-23(12-18)35(50)36(51)32(19)44-25-14-22-21(30-33(25)48-57-46-30)13-24(31-29(22)45-56-47-31)28-15-26-37(55-28)38-34(20-8-4-5-9-27(20)54-38)49(26)39(52)53-16-17-6-2-1-3-7-17/h1-9,13-15,18-19,23H,10-12,16H2. The van der Waals surface area contributed by atoms with E-state index in [2.05, 4.69) is 13.1 Å². The van der Waals surface area contributed by atoms with Crippen LogP contribution in [0.5, 0.6) is 0 Å². The van der Waals surface area contributed by atoms with Gasteiger partial charge in [-0.3, -0.25) is 9.59 Å². The smallest absolute Gasteiger partial charge is 0.419 e. The van der Waals surface area contributed by atoms with Gasteiger partial charge in [0.25, 0.3) is 0 Å². The molecule has 2 fully saturated rings. The lowest BCUT2D eigenvalue weighted by Gasteiger charge is -2.31. The molecule has 3 unspecified atom stereocenters. The number of hydrogen-bond donors (Lipinski definition) is 0. The van der Waals surface area contributed by atoms with Crippen molar-refractivity contribution in [1.82, 2.24) is 22.1 Å². The number of rotatable bonds is 4. The molecule has 2 saturated carbocycles. The van der Waals surface area contributed by atoms with Crippen LogP contribution < -0.4 is 0 Å². The number of alkyl halides is 3. The molecule has 2 aliphatic rings. The van der Waals surface area contributed by atoms with E-state index in [4.69, 9.17) is 14.1 Å². The zero-order valence-corrected chi connectivity index (χ0v) is 32.3. The van der Waals surface area contributed by atoms with Crippen molar-refractivity contribution in [1.29, 1.82) is 0 Å². The van der Waals surface area contributed by atoms with E-state index in [1.807, 2.05) is 66.7 Å². The second-order valence-electron chi connectivity index (χ2n) is 14.3. The average Bonchev–Trinajstić information content (AvgIpc) is 4.07. The minimum atomic E-state index is -4.44. The van der Waals surface area contributed by atoms with Crippen LogP contribution in [0.25, 0.3) is 73.8 Å². The number of carbonyl (C=O) groups excluding carboxylic acids is 3. The Balaban J connectivity index is 1.05. The van der Waals surface area contributed by atoms with E-state index in [1.165, 1.54) is 0 Å². The minimum absolute atomic E-state index is 0.0240. The number of ketones is 2. The maximum absolute atomic E-state index is 14.0. The normalized spacial score (nSPS) is 19.7. The van der Waals surface area contributed by atoms with E-state index >= 15 is 0 Å². The molecule has 5 aromatic heterocycles. The zero-order chi connectivity index (χ0) is 38.7. The number of aromatic nitrogens is 5. The minimum Gasteiger partial charge on any atom is -0.444 e. The van der Waals surface area contributed by atoms with Crippen molar-refractivity contribution in [3.63, 3.8) is 0 Å². The third-order valence-corrected chi connectivity index (χ3v) is 14.7. The fourth-order valence-electron chi connectivity index (χ4n) is 8.47. The molecule has 57 heavy (non-hydrogen) atoms. The zero-order valence-electron chi connectivity index (χ0n) is 29.1. The summed E-state index contributed by atoms with van der Waals surface area (Å²) in [5.41, 5.74) is 5.51. The van der Waals surface area contributed by atoms with Crippen molar-refractivity contribution in [2.45, 2.75) is 32.0 Å². The highest BCUT2D eigenvalue weighted by Crippen LogP contribution is 2.50. The molecule has 3 atom stereocenters. The highest BCUT2D eigenvalue weighted by atomic mass is 32.1. The molecule has 11 rings (SSSR count). The number of thiophene rings is 2. The highest BCUT2D eigenvalue weighted by Gasteiger charge is 2.54. The lowest BCUT2D eigenvalue weighted by Crippen LogP contribution is -2.34. The molecule has 10 nitrogen and oxygen atoms in total. The first-order valence-corrected chi connectivity index (χ1v) is 21.0. The summed E-state index contributed by atoms with van der Waals surface area (Å²) >= 11 is 5.16. The Morgan fingerprint density at radius 2 is 1.53 bits per heavy atom. The van der Waals surface area contributed by atoms with Gasteiger partial charge in [0.05, 0.1) is 61.2 Å². The summed E-state index contributed by atoms with van der Waals surface area (Å²) in [5.74, 6) is -5.02. The van der Waals surface area contributed by atoms with E-state index in [0.29, 0.717) is 44.0 Å². The number of benzene rings is 4. The Hall–Kier alpha value is -5.49. The van der Waals surface area contributed by atoms with Gasteiger partial charge in [0.2, 0.25) is 11.6 Å². The molecule has 282 valence electrons. The van der Waals surface area contributed by atoms with Crippen LogP contribution in [0, 0.1) is 17.8 Å². The Kier molecular flexibility index (Phi) is 7.77. The number of halogens is 3. The van der Waals surface area contributed by atoms with Gasteiger partial charge in [-0.25, -0.2) is 14.4 Å². The number of carbonyl (C=O) groups is 3. The van der Waals surface area contributed by atoms with Crippen LogP contribution in [0.2, 0.25) is 0 Å². The molecule has 0 spiro atoms. The van der Waals surface area contributed by atoms with Crippen molar-refractivity contribution in [2.75, 3.05) is 0 Å². The van der Waals surface area contributed by atoms with Crippen molar-refractivity contribution >= 4 is 139 Å². The van der Waals surface area contributed by atoms with E-state index in [9.17, 15) is 27.6 Å². The van der Waals surface area contributed by atoms with Crippen molar-refractivity contribution in [3.8, 4) is 10.4 Å². The van der Waals surface area contributed by atoms with Gasteiger partial charge in [-0.05, 0) is 49.1 Å². The number of nitrogens with zero attached hydrogens (tertiary/aromatic N) is 6. The van der Waals surface area contributed by atoms with Gasteiger partial charge in [0, 0.05) is 43.1 Å². The number of aliphatic imine (C=N–C) groups is 1. The lowest BCUT2D eigenvalue weighted by molar-refractivity contribution is -0.187. The van der Waals surface area contributed by atoms with Gasteiger partial charge in [0.1, 0.15) is 28.7 Å². The monoisotopic (exact) mass is 836 g/mol. The third kappa shape index (κ3) is 5.32. The number of fused-ring (bicyclic) bond motifs is 11. The lowest BCUT2D eigenvalue weighted by atomic mass is 9.75. The van der Waals surface area contributed by atoms with Crippen LogP contribution in [0.1, 0.15) is 24.8 Å². The van der Waals surface area contributed by atoms with Crippen LogP contribution in [0.4, 0.5) is 23.7 Å². The molecule has 9 aromatic rings. The molecule has 4 aromatic carbocycles. The Morgan fingerprint density at radius 3 is 2.33 bits per heavy atom. The molecule has 0 aliphatic heterocycles. The van der Waals surface area contributed by atoms with E-state index in [0.717, 1.165) is 64.5 Å².